The molecule has 0 saturated heterocycles. The maximum Gasteiger partial charge on any atom is 0.260 e. The van der Waals surface area contributed by atoms with Gasteiger partial charge in [-0.2, -0.15) is 4.98 Å². The molecule has 2 aromatic rings. The highest BCUT2D eigenvalue weighted by Gasteiger charge is 2.26. The third-order valence-corrected chi connectivity index (χ3v) is 3.75. The Morgan fingerprint density at radius 2 is 2.12 bits per heavy atom. The molecule has 2 amide bonds. The molecule has 1 aliphatic heterocycles. The van der Waals surface area contributed by atoms with Crippen molar-refractivity contribution in [3.63, 3.8) is 0 Å². The average Bonchev–Trinajstić information content (AvgIpc) is 3.10. The summed E-state index contributed by atoms with van der Waals surface area (Å²) < 4.78 is 5.32. The van der Waals surface area contributed by atoms with Gasteiger partial charge >= 0.3 is 0 Å². The number of rotatable bonds is 4. The average molecular weight is 324 g/mol. The Morgan fingerprint density at radius 1 is 1.33 bits per heavy atom. The van der Waals surface area contributed by atoms with Crippen molar-refractivity contribution in [1.29, 1.82) is 0 Å². The van der Waals surface area contributed by atoms with E-state index in [1.807, 2.05) is 18.2 Å². The first kappa shape index (κ1) is 15.8. The van der Waals surface area contributed by atoms with Crippen LogP contribution in [0.5, 0.6) is 0 Å². The molecule has 0 bridgehead atoms. The third kappa shape index (κ3) is 2.88. The first-order valence-electron chi connectivity index (χ1n) is 7.56. The van der Waals surface area contributed by atoms with Gasteiger partial charge in [0.25, 0.3) is 11.8 Å². The lowest BCUT2D eigenvalue weighted by Crippen LogP contribution is -2.25. The quantitative estimate of drug-likeness (QED) is 0.861. The molecule has 0 spiro atoms. The summed E-state index contributed by atoms with van der Waals surface area (Å²) in [6.07, 6.45) is 5.16. The number of aromatic nitrogens is 2. The molecule has 1 unspecified atom stereocenters. The van der Waals surface area contributed by atoms with Gasteiger partial charge in [0.05, 0.1) is 11.3 Å². The molecular weight excluding hydrogens is 308 g/mol. The minimum absolute atomic E-state index is 0.0260. The van der Waals surface area contributed by atoms with E-state index in [4.69, 9.17) is 4.52 Å². The van der Waals surface area contributed by atoms with Gasteiger partial charge < -0.3 is 9.42 Å². The molecule has 2 heterocycles. The molecular formula is C17H16N4O3. The lowest BCUT2D eigenvalue weighted by molar-refractivity contribution is -0.119. The van der Waals surface area contributed by atoms with Crippen LogP contribution in [-0.4, -0.2) is 35.2 Å². The molecule has 0 fully saturated rings. The number of nitrogens with zero attached hydrogens (tertiary/aromatic N) is 4. The second kappa shape index (κ2) is 6.57. The summed E-state index contributed by atoms with van der Waals surface area (Å²) >= 11 is 0. The van der Waals surface area contributed by atoms with E-state index in [0.29, 0.717) is 17.7 Å². The van der Waals surface area contributed by atoms with E-state index in [9.17, 15) is 9.59 Å². The smallest absolute Gasteiger partial charge is 0.260 e. The number of anilines is 1. The van der Waals surface area contributed by atoms with Crippen LogP contribution in [-0.2, 0) is 9.59 Å². The Balaban J connectivity index is 1.96. The Hall–Kier alpha value is -3.09. The van der Waals surface area contributed by atoms with Gasteiger partial charge in [-0.1, -0.05) is 30.3 Å². The standard InChI is InChI=1S/C17H16N4O3/c1-3-14(22)21(2)13-9-5-4-7-11(13)17-19-15(20-24-17)12-8-6-10-18-16(12)23/h4-10,12H,3H2,1-2H3. The van der Waals surface area contributed by atoms with E-state index in [1.165, 1.54) is 6.21 Å². The summed E-state index contributed by atoms with van der Waals surface area (Å²) in [6, 6.07) is 7.26. The molecule has 0 aliphatic carbocycles. The number of aliphatic imine (C=N–C) groups is 1. The Kier molecular flexibility index (Phi) is 4.33. The maximum absolute atomic E-state index is 12.0. The number of hydrogen-bond acceptors (Lipinski definition) is 5. The van der Waals surface area contributed by atoms with E-state index in [0.717, 1.165) is 0 Å². The van der Waals surface area contributed by atoms with Crippen LogP contribution < -0.4 is 4.90 Å². The first-order valence-corrected chi connectivity index (χ1v) is 7.56. The molecule has 122 valence electrons. The highest BCUT2D eigenvalue weighted by molar-refractivity contribution is 5.97. The molecule has 24 heavy (non-hydrogen) atoms. The SMILES string of the molecule is CCC(=O)N(C)c1ccccc1-c1nc(C2C=CC=NC2=O)no1. The van der Waals surface area contributed by atoms with Crippen LogP contribution in [0.1, 0.15) is 25.1 Å². The van der Waals surface area contributed by atoms with E-state index in [1.54, 1.807) is 37.1 Å². The van der Waals surface area contributed by atoms with Crippen molar-refractivity contribution in [1.82, 2.24) is 10.1 Å². The number of para-hydroxylation sites is 1. The normalized spacial score (nSPS) is 16.4. The van der Waals surface area contributed by atoms with Gasteiger partial charge in [-0.15, -0.1) is 0 Å². The lowest BCUT2D eigenvalue weighted by atomic mass is 10.1. The zero-order chi connectivity index (χ0) is 17.1. The second-order valence-corrected chi connectivity index (χ2v) is 5.26. The minimum atomic E-state index is -0.644. The van der Waals surface area contributed by atoms with Gasteiger partial charge in [-0.05, 0) is 18.2 Å². The molecule has 0 N–H and O–H groups in total. The van der Waals surface area contributed by atoms with Crippen LogP contribution in [0.3, 0.4) is 0 Å². The minimum Gasteiger partial charge on any atom is -0.334 e. The van der Waals surface area contributed by atoms with Crippen LogP contribution >= 0.6 is 0 Å². The summed E-state index contributed by atoms with van der Waals surface area (Å²) in [5, 5.41) is 3.90. The van der Waals surface area contributed by atoms with Gasteiger partial charge in [0.1, 0.15) is 5.92 Å². The second-order valence-electron chi connectivity index (χ2n) is 5.26. The van der Waals surface area contributed by atoms with Crippen molar-refractivity contribution in [2.75, 3.05) is 11.9 Å². The monoisotopic (exact) mass is 324 g/mol. The Labute approximate surface area is 138 Å². The first-order chi connectivity index (χ1) is 11.6. The third-order valence-electron chi connectivity index (χ3n) is 3.75. The fourth-order valence-electron chi connectivity index (χ4n) is 2.43. The molecule has 3 rings (SSSR count). The molecule has 1 aromatic carbocycles. The van der Waals surface area contributed by atoms with Crippen molar-refractivity contribution in [3.8, 4) is 11.5 Å². The van der Waals surface area contributed by atoms with Crippen molar-refractivity contribution in [2.24, 2.45) is 4.99 Å². The molecule has 7 nitrogen and oxygen atoms in total. The summed E-state index contributed by atoms with van der Waals surface area (Å²) in [5.74, 6) is -0.498. The molecule has 1 aliphatic rings. The Bertz CT molecular complexity index is 838. The topological polar surface area (TPSA) is 88.7 Å². The van der Waals surface area contributed by atoms with Gasteiger partial charge in [0.2, 0.25) is 5.91 Å². The van der Waals surface area contributed by atoms with Crippen LogP contribution in [0.2, 0.25) is 0 Å². The summed E-state index contributed by atoms with van der Waals surface area (Å²) in [6.45, 7) is 1.80. The predicted molar refractivity (Wildman–Crippen MR) is 88.8 cm³/mol. The van der Waals surface area contributed by atoms with Crippen LogP contribution in [0.15, 0.2) is 45.9 Å². The van der Waals surface area contributed by atoms with Crippen molar-refractivity contribution in [3.05, 3.63) is 42.2 Å². The van der Waals surface area contributed by atoms with Crippen LogP contribution in [0.4, 0.5) is 5.69 Å². The van der Waals surface area contributed by atoms with E-state index in [2.05, 4.69) is 15.1 Å². The zero-order valence-corrected chi connectivity index (χ0v) is 13.3. The zero-order valence-electron chi connectivity index (χ0n) is 13.3. The van der Waals surface area contributed by atoms with E-state index in [-0.39, 0.29) is 23.5 Å². The number of amides is 2. The van der Waals surface area contributed by atoms with E-state index >= 15 is 0 Å². The van der Waals surface area contributed by atoms with Crippen molar-refractivity contribution in [2.45, 2.75) is 19.3 Å². The summed E-state index contributed by atoms with van der Waals surface area (Å²) in [5.41, 5.74) is 1.30. The van der Waals surface area contributed by atoms with Crippen molar-refractivity contribution >= 4 is 23.7 Å². The fraction of sp³-hybridized carbons (Fsp3) is 0.235. The van der Waals surface area contributed by atoms with Crippen LogP contribution in [0.25, 0.3) is 11.5 Å². The van der Waals surface area contributed by atoms with Gasteiger partial charge in [-0.25, -0.2) is 4.99 Å². The number of benzene rings is 1. The number of carbonyl (C=O) groups is 2. The molecule has 0 saturated carbocycles. The van der Waals surface area contributed by atoms with E-state index < -0.39 is 5.92 Å². The predicted octanol–water partition coefficient (Wildman–Crippen LogP) is 2.36. The number of dihydropyridines is 1. The Morgan fingerprint density at radius 3 is 2.88 bits per heavy atom. The highest BCUT2D eigenvalue weighted by Crippen LogP contribution is 2.30. The summed E-state index contributed by atoms with van der Waals surface area (Å²) in [4.78, 5) is 33.4. The van der Waals surface area contributed by atoms with Gasteiger partial charge in [-0.3, -0.25) is 9.59 Å². The fourth-order valence-corrected chi connectivity index (χ4v) is 2.43. The van der Waals surface area contributed by atoms with Gasteiger partial charge in [0.15, 0.2) is 5.82 Å². The number of carbonyl (C=O) groups excluding carboxylic acids is 2. The molecule has 1 aromatic heterocycles. The van der Waals surface area contributed by atoms with Crippen LogP contribution in [0, 0.1) is 0 Å². The number of allylic oxidation sites excluding steroid dienone is 1. The highest BCUT2D eigenvalue weighted by atomic mass is 16.5. The lowest BCUT2D eigenvalue weighted by Gasteiger charge is -2.18. The molecule has 1 atom stereocenters. The largest absolute Gasteiger partial charge is 0.334 e. The number of hydrogen-bond donors (Lipinski definition) is 0. The van der Waals surface area contributed by atoms with Gasteiger partial charge in [0, 0.05) is 19.7 Å². The molecule has 0 radical (unpaired) electrons. The maximum atomic E-state index is 12.0. The molecule has 7 heteroatoms. The van der Waals surface area contributed by atoms with Crippen molar-refractivity contribution < 1.29 is 14.1 Å². The summed E-state index contributed by atoms with van der Waals surface area (Å²) in [7, 11) is 1.70.